The number of hydrogen-bond acceptors (Lipinski definition) is 9. The smallest absolute Gasteiger partial charge is 0.270 e. The van der Waals surface area contributed by atoms with Crippen LogP contribution in [0.15, 0.2) is 60.5 Å². The number of hydrogen-bond donors (Lipinski definition) is 2. The molecule has 2 saturated heterocycles. The highest BCUT2D eigenvalue weighted by molar-refractivity contribution is 7.97. The first-order valence-corrected chi connectivity index (χ1v) is 16.2. The minimum atomic E-state index is -3.12. The first-order valence-electron chi connectivity index (χ1n) is 15.4. The number of aromatic nitrogens is 2. The maximum absolute atomic E-state index is 14.2. The molecule has 2 aromatic carbocycles. The molecule has 0 aliphatic carbocycles. The van der Waals surface area contributed by atoms with E-state index < -0.39 is 11.7 Å². The summed E-state index contributed by atoms with van der Waals surface area (Å²) in [6.07, 6.45) is 6.08. The van der Waals surface area contributed by atoms with Crippen molar-refractivity contribution in [2.75, 3.05) is 55.4 Å². The summed E-state index contributed by atoms with van der Waals surface area (Å²) in [4.78, 5) is 13.8. The molecule has 2 aliphatic heterocycles. The SMILES string of the molecule is C=CNc1cc(Nc2cc(SN3CC[C@@H]3c3cc(F)cc(C(C)(F)F)c3)ncn2)c(OC)cc1N1CCC(N(CC)CC)CC1. The Morgan fingerprint density at radius 1 is 1.04 bits per heavy atom. The molecule has 2 N–H and O–H groups in total. The van der Waals surface area contributed by atoms with Crippen LogP contribution in [0.2, 0.25) is 0 Å². The predicted molar refractivity (Wildman–Crippen MR) is 176 cm³/mol. The van der Waals surface area contributed by atoms with Gasteiger partial charge in [-0.2, -0.15) is 0 Å². The number of piperidine rings is 1. The molecule has 0 saturated carbocycles. The number of ether oxygens (including phenoxy) is 1. The predicted octanol–water partition coefficient (Wildman–Crippen LogP) is 7.80. The summed E-state index contributed by atoms with van der Waals surface area (Å²) in [6.45, 7) is 13.9. The Hall–Kier alpha value is -3.48. The van der Waals surface area contributed by atoms with Crippen molar-refractivity contribution in [1.29, 1.82) is 0 Å². The molecule has 3 aromatic rings. The fourth-order valence-corrected chi connectivity index (χ4v) is 7.16. The van der Waals surface area contributed by atoms with Crippen LogP contribution < -0.4 is 20.3 Å². The lowest BCUT2D eigenvalue weighted by molar-refractivity contribution is 0.0169. The summed E-state index contributed by atoms with van der Waals surface area (Å²) < 4.78 is 49.9. The van der Waals surface area contributed by atoms with Gasteiger partial charge in [-0.3, -0.25) is 0 Å². The van der Waals surface area contributed by atoms with Gasteiger partial charge in [0.05, 0.1) is 24.2 Å². The molecule has 1 aromatic heterocycles. The number of halogens is 3. The Kier molecular flexibility index (Phi) is 10.5. The topological polar surface area (TPSA) is 68.8 Å². The number of benzene rings is 2. The van der Waals surface area contributed by atoms with Gasteiger partial charge >= 0.3 is 0 Å². The molecule has 12 heteroatoms. The van der Waals surface area contributed by atoms with Crippen LogP contribution in [0, 0.1) is 5.82 Å². The molecule has 0 radical (unpaired) electrons. The second-order valence-corrected chi connectivity index (χ2v) is 12.5. The Morgan fingerprint density at radius 3 is 2.42 bits per heavy atom. The minimum absolute atomic E-state index is 0.199. The largest absolute Gasteiger partial charge is 0.494 e. The Balaban J connectivity index is 1.31. The zero-order valence-corrected chi connectivity index (χ0v) is 27.1. The van der Waals surface area contributed by atoms with Crippen molar-refractivity contribution in [3.05, 3.63) is 72.4 Å². The van der Waals surface area contributed by atoms with Crippen LogP contribution >= 0.6 is 11.9 Å². The van der Waals surface area contributed by atoms with Crippen LogP contribution in [0.4, 0.5) is 36.1 Å². The van der Waals surface area contributed by atoms with Crippen molar-refractivity contribution in [3.63, 3.8) is 0 Å². The first-order chi connectivity index (χ1) is 21.6. The summed E-state index contributed by atoms with van der Waals surface area (Å²) in [5, 5.41) is 7.34. The fourth-order valence-electron chi connectivity index (χ4n) is 6.11. The molecule has 2 fully saturated rings. The van der Waals surface area contributed by atoms with E-state index in [1.165, 1.54) is 30.4 Å². The fraction of sp³-hybridized carbons (Fsp3) is 0.455. The van der Waals surface area contributed by atoms with Crippen molar-refractivity contribution in [2.45, 2.75) is 63.1 Å². The van der Waals surface area contributed by atoms with Crippen molar-refractivity contribution >= 4 is 34.8 Å². The molecule has 0 bridgehead atoms. The van der Waals surface area contributed by atoms with Gasteiger partial charge in [0.25, 0.3) is 5.92 Å². The van der Waals surface area contributed by atoms with Crippen molar-refractivity contribution < 1.29 is 17.9 Å². The van der Waals surface area contributed by atoms with Crippen LogP contribution in [-0.2, 0) is 5.92 Å². The lowest BCUT2D eigenvalue weighted by atomic mass is 9.95. The van der Waals surface area contributed by atoms with Gasteiger partial charge in [0, 0.05) is 56.3 Å². The molecule has 2 aliphatic rings. The van der Waals surface area contributed by atoms with Gasteiger partial charge in [-0.05, 0) is 80.3 Å². The van der Waals surface area contributed by atoms with E-state index in [0.717, 1.165) is 75.5 Å². The Bertz CT molecular complexity index is 1480. The summed E-state index contributed by atoms with van der Waals surface area (Å²) in [6, 6.07) is 9.88. The van der Waals surface area contributed by atoms with Gasteiger partial charge in [-0.1, -0.05) is 20.4 Å². The third-order valence-electron chi connectivity index (χ3n) is 8.61. The lowest BCUT2D eigenvalue weighted by Crippen LogP contribution is -2.45. The summed E-state index contributed by atoms with van der Waals surface area (Å²) in [5.74, 6) is -2.54. The van der Waals surface area contributed by atoms with Crippen LogP contribution in [0.1, 0.15) is 57.2 Å². The molecule has 0 unspecified atom stereocenters. The molecular weight excluding hydrogens is 599 g/mol. The van der Waals surface area contributed by atoms with Crippen molar-refractivity contribution in [1.82, 2.24) is 19.2 Å². The first kappa shape index (κ1) is 32.9. The van der Waals surface area contributed by atoms with Gasteiger partial charge in [0.2, 0.25) is 0 Å². The normalized spacial score (nSPS) is 17.7. The van der Waals surface area contributed by atoms with E-state index in [-0.39, 0.29) is 11.6 Å². The molecule has 8 nitrogen and oxygen atoms in total. The monoisotopic (exact) mass is 641 g/mol. The van der Waals surface area contributed by atoms with Crippen molar-refractivity contribution in [2.24, 2.45) is 0 Å². The standard InChI is InChI=1S/C33H42F3N7OS/c1-6-37-26-18-27(30(44-5)19-29(26)42-12-9-25(10-13-42)41(7-2)8-3)40-31-20-32(39-21-38-31)45-43-14-11-28(43)22-15-23(33(4,35)36)17-24(34)16-22/h6,15-21,25,28,37H,1,7-14H2,2-5H3,(H,38,39,40)/t28-/m1/s1. The lowest BCUT2D eigenvalue weighted by Gasteiger charge is -2.40. The third-order valence-corrected chi connectivity index (χ3v) is 9.69. The molecule has 5 rings (SSSR count). The highest BCUT2D eigenvalue weighted by atomic mass is 32.2. The van der Waals surface area contributed by atoms with Gasteiger partial charge in [-0.25, -0.2) is 27.4 Å². The van der Waals surface area contributed by atoms with Crippen molar-refractivity contribution in [3.8, 4) is 5.75 Å². The Labute approximate surface area is 268 Å². The number of methoxy groups -OCH3 is 1. The Morgan fingerprint density at radius 2 is 1.80 bits per heavy atom. The van der Waals surface area contributed by atoms with E-state index in [9.17, 15) is 13.2 Å². The second kappa shape index (κ2) is 14.3. The van der Waals surface area contributed by atoms with E-state index in [1.54, 1.807) is 13.3 Å². The zero-order chi connectivity index (χ0) is 32.1. The van der Waals surface area contributed by atoms with Crippen LogP contribution in [0.5, 0.6) is 5.75 Å². The maximum atomic E-state index is 14.2. The van der Waals surface area contributed by atoms with Crippen LogP contribution in [0.25, 0.3) is 0 Å². The van der Waals surface area contributed by atoms with E-state index in [1.807, 2.05) is 22.5 Å². The second-order valence-electron chi connectivity index (χ2n) is 11.4. The van der Waals surface area contributed by atoms with Gasteiger partial charge < -0.3 is 25.2 Å². The van der Waals surface area contributed by atoms with Crippen LogP contribution in [-0.4, -0.2) is 65.0 Å². The van der Waals surface area contributed by atoms with E-state index in [0.29, 0.717) is 34.7 Å². The quantitative estimate of drug-likeness (QED) is 0.144. The minimum Gasteiger partial charge on any atom is -0.494 e. The maximum Gasteiger partial charge on any atom is 0.270 e. The highest BCUT2D eigenvalue weighted by Crippen LogP contribution is 2.44. The number of anilines is 4. The zero-order valence-electron chi connectivity index (χ0n) is 26.3. The number of rotatable bonds is 13. The molecule has 0 spiro atoms. The molecule has 1 atom stereocenters. The highest BCUT2D eigenvalue weighted by Gasteiger charge is 2.34. The average molecular weight is 642 g/mol. The molecule has 45 heavy (non-hydrogen) atoms. The number of nitrogens with one attached hydrogen (secondary N) is 2. The van der Waals surface area contributed by atoms with E-state index >= 15 is 0 Å². The summed E-state index contributed by atoms with van der Waals surface area (Å²) in [5.41, 5.74) is 2.90. The molecule has 242 valence electrons. The van der Waals surface area contributed by atoms with E-state index in [4.69, 9.17) is 4.74 Å². The van der Waals surface area contributed by atoms with Gasteiger partial charge in [0.1, 0.15) is 28.7 Å². The van der Waals surface area contributed by atoms with Gasteiger partial charge in [0.15, 0.2) is 0 Å². The molecule has 0 amide bonds. The van der Waals surface area contributed by atoms with Gasteiger partial charge in [-0.15, -0.1) is 0 Å². The van der Waals surface area contributed by atoms with E-state index in [2.05, 4.69) is 50.8 Å². The third kappa shape index (κ3) is 7.67. The van der Waals surface area contributed by atoms with Crippen LogP contribution in [0.3, 0.4) is 0 Å². The number of nitrogens with zero attached hydrogens (tertiary/aromatic N) is 5. The molecule has 3 heterocycles. The summed E-state index contributed by atoms with van der Waals surface area (Å²) in [7, 11) is 1.65. The summed E-state index contributed by atoms with van der Waals surface area (Å²) >= 11 is 1.39. The average Bonchev–Trinajstić information content (AvgIpc) is 3.00. The number of alkyl halides is 2. The molecular formula is C33H42F3N7OS.